The monoisotopic (exact) mass is 597 g/mol. The fourth-order valence-corrected chi connectivity index (χ4v) is 8.14. The molecule has 5 heteroatoms. The number of aryl methyl sites for hydroxylation is 3. The van der Waals surface area contributed by atoms with E-state index in [1.807, 2.05) is 0 Å². The molecule has 5 nitrogen and oxygen atoms in total. The number of cyclic esters (lactones) is 1. The molecule has 45 heavy (non-hydrogen) atoms. The topological polar surface area (TPSA) is 41.1 Å². The number of hydrogen-bond donors (Lipinski definition) is 0. The zero-order valence-electron chi connectivity index (χ0n) is 27.4. The second-order valence-corrected chi connectivity index (χ2v) is 12.6. The summed E-state index contributed by atoms with van der Waals surface area (Å²) in [5.74, 6) is -0.268. The highest BCUT2D eigenvalue weighted by atomic mass is 16.6. The molecule has 0 radical (unpaired) electrons. The zero-order valence-corrected chi connectivity index (χ0v) is 27.4. The normalized spacial score (nSPS) is 14.6. The summed E-state index contributed by atoms with van der Waals surface area (Å²) in [6.07, 6.45) is 5.21. The number of fused-ring (bicyclic) bond motifs is 3. The molecule has 3 aromatic carbocycles. The SMILES string of the molecule is CCCn1c(C)c(C2=CC(c3c(C)n(CCC)c4ccccc34)(c3c(C)n(CCC)c4ccccc34)OC2=O)c2ccccc21. The van der Waals surface area contributed by atoms with Crippen LogP contribution in [0.25, 0.3) is 38.3 Å². The second-order valence-electron chi connectivity index (χ2n) is 12.6. The molecule has 0 saturated carbocycles. The van der Waals surface area contributed by atoms with Crippen LogP contribution in [0.5, 0.6) is 0 Å². The lowest BCUT2D eigenvalue weighted by Crippen LogP contribution is -2.29. The van der Waals surface area contributed by atoms with Crippen LogP contribution in [0.3, 0.4) is 0 Å². The lowest BCUT2D eigenvalue weighted by molar-refractivity contribution is -0.142. The molecule has 4 heterocycles. The molecule has 0 saturated heterocycles. The lowest BCUT2D eigenvalue weighted by Gasteiger charge is -2.29. The maximum Gasteiger partial charge on any atom is 0.340 e. The van der Waals surface area contributed by atoms with Gasteiger partial charge in [-0.15, -0.1) is 0 Å². The minimum atomic E-state index is -1.10. The van der Waals surface area contributed by atoms with Crippen LogP contribution < -0.4 is 0 Å². The van der Waals surface area contributed by atoms with Gasteiger partial charge in [-0.2, -0.15) is 0 Å². The van der Waals surface area contributed by atoms with Crippen LogP contribution in [0, 0.1) is 20.8 Å². The molecule has 0 N–H and O–H groups in total. The van der Waals surface area contributed by atoms with E-state index >= 15 is 0 Å². The molecular formula is C40H43N3O2. The van der Waals surface area contributed by atoms with Crippen LogP contribution >= 0.6 is 0 Å². The summed E-state index contributed by atoms with van der Waals surface area (Å²) in [5.41, 5.74) is 9.55. The van der Waals surface area contributed by atoms with E-state index in [1.165, 1.54) is 11.0 Å². The molecule has 0 fully saturated rings. The van der Waals surface area contributed by atoms with Crippen molar-refractivity contribution in [3.05, 3.63) is 113 Å². The van der Waals surface area contributed by atoms with Gasteiger partial charge in [-0.1, -0.05) is 75.4 Å². The number of ether oxygens (including phenoxy) is 1. The third-order valence-corrected chi connectivity index (χ3v) is 9.87. The van der Waals surface area contributed by atoms with Gasteiger partial charge in [-0.3, -0.25) is 0 Å². The van der Waals surface area contributed by atoms with Crippen molar-refractivity contribution >= 4 is 44.3 Å². The molecule has 7 rings (SSSR count). The minimum absolute atomic E-state index is 0.268. The Hall–Kier alpha value is -4.51. The molecule has 0 bridgehead atoms. The third kappa shape index (κ3) is 4.16. The summed E-state index contributed by atoms with van der Waals surface area (Å²) in [4.78, 5) is 14.5. The Morgan fingerprint density at radius 2 is 0.978 bits per heavy atom. The van der Waals surface area contributed by atoms with Gasteiger partial charge in [-0.25, -0.2) is 4.79 Å². The van der Waals surface area contributed by atoms with Crippen LogP contribution in [0.4, 0.5) is 0 Å². The smallest absolute Gasteiger partial charge is 0.340 e. The lowest BCUT2D eigenvalue weighted by atomic mass is 9.81. The largest absolute Gasteiger partial charge is 0.441 e. The number of rotatable bonds is 9. The molecule has 1 aliphatic rings. The number of para-hydroxylation sites is 3. The van der Waals surface area contributed by atoms with Gasteiger partial charge < -0.3 is 18.4 Å². The number of benzene rings is 3. The molecule has 3 aromatic heterocycles. The summed E-state index contributed by atoms with van der Waals surface area (Å²) >= 11 is 0. The van der Waals surface area contributed by atoms with Gasteiger partial charge >= 0.3 is 5.97 Å². The van der Waals surface area contributed by atoms with Crippen molar-refractivity contribution in [3.8, 4) is 0 Å². The third-order valence-electron chi connectivity index (χ3n) is 9.87. The average Bonchev–Trinajstić information content (AvgIpc) is 3.71. The van der Waals surface area contributed by atoms with Crippen LogP contribution in [0.15, 0.2) is 78.9 Å². The molecular weight excluding hydrogens is 554 g/mol. The highest BCUT2D eigenvalue weighted by Crippen LogP contribution is 2.52. The van der Waals surface area contributed by atoms with Crippen molar-refractivity contribution in [1.82, 2.24) is 13.7 Å². The number of carbonyl (C=O) groups is 1. The van der Waals surface area contributed by atoms with Gasteiger partial charge in [0.25, 0.3) is 0 Å². The second kappa shape index (κ2) is 11.1. The number of carbonyl (C=O) groups excluding carboxylic acids is 1. The van der Waals surface area contributed by atoms with Gasteiger partial charge in [-0.05, 0) is 64.3 Å². The molecule has 0 unspecified atom stereocenters. The first kappa shape index (κ1) is 29.2. The van der Waals surface area contributed by atoms with Crippen molar-refractivity contribution in [2.75, 3.05) is 0 Å². The Morgan fingerprint density at radius 3 is 1.44 bits per heavy atom. The molecule has 0 spiro atoms. The Labute approximate surface area is 265 Å². The van der Waals surface area contributed by atoms with Crippen LogP contribution in [-0.2, 0) is 34.8 Å². The maximum absolute atomic E-state index is 14.5. The van der Waals surface area contributed by atoms with Gasteiger partial charge in [0, 0.05) is 86.1 Å². The summed E-state index contributed by atoms with van der Waals surface area (Å²) in [5, 5.41) is 3.36. The van der Waals surface area contributed by atoms with E-state index in [4.69, 9.17) is 4.74 Å². The van der Waals surface area contributed by atoms with Crippen molar-refractivity contribution < 1.29 is 9.53 Å². The molecule has 6 aromatic rings. The van der Waals surface area contributed by atoms with Gasteiger partial charge in [0.2, 0.25) is 0 Å². The standard InChI is InChI=1S/C40H43N3O2/c1-7-22-41-26(4)36(29-16-10-13-19-33(29)41)32-25-40(45-39(32)44,37-27(5)42(23-8-2)34-20-14-11-17-30(34)37)38-28(6)43(24-9-3)35-21-15-12-18-31(35)38/h10-21,25H,7-9,22-24H2,1-6H3. The fraction of sp³-hybridized carbons (Fsp3) is 0.325. The number of nitrogens with zero attached hydrogens (tertiary/aromatic N) is 3. The van der Waals surface area contributed by atoms with E-state index in [1.54, 1.807) is 0 Å². The van der Waals surface area contributed by atoms with E-state index in [0.29, 0.717) is 5.57 Å². The average molecular weight is 598 g/mol. The van der Waals surface area contributed by atoms with Crippen molar-refractivity contribution in [1.29, 1.82) is 0 Å². The van der Waals surface area contributed by atoms with Gasteiger partial charge in [0.05, 0.1) is 5.57 Å². The predicted molar refractivity (Wildman–Crippen MR) is 186 cm³/mol. The summed E-state index contributed by atoms with van der Waals surface area (Å²) in [6.45, 7) is 15.9. The first-order valence-corrected chi connectivity index (χ1v) is 16.6. The van der Waals surface area contributed by atoms with Crippen molar-refractivity contribution in [3.63, 3.8) is 0 Å². The summed E-state index contributed by atoms with van der Waals surface area (Å²) in [6, 6.07) is 25.7. The quantitative estimate of drug-likeness (QED) is 0.156. The van der Waals surface area contributed by atoms with E-state index in [-0.39, 0.29) is 5.97 Å². The van der Waals surface area contributed by atoms with Crippen molar-refractivity contribution in [2.24, 2.45) is 0 Å². The fourth-order valence-electron chi connectivity index (χ4n) is 8.14. The molecule has 0 atom stereocenters. The van der Waals surface area contributed by atoms with E-state index in [9.17, 15) is 4.79 Å². The van der Waals surface area contributed by atoms with Gasteiger partial charge in [0.15, 0.2) is 5.60 Å². The maximum atomic E-state index is 14.5. The number of hydrogen-bond acceptors (Lipinski definition) is 2. The predicted octanol–water partition coefficient (Wildman–Crippen LogP) is 9.59. The minimum Gasteiger partial charge on any atom is -0.441 e. The van der Waals surface area contributed by atoms with Gasteiger partial charge in [0.1, 0.15) is 0 Å². The Kier molecular flexibility index (Phi) is 7.23. The van der Waals surface area contributed by atoms with E-state index < -0.39 is 5.60 Å². The van der Waals surface area contributed by atoms with Crippen LogP contribution in [0.2, 0.25) is 0 Å². The summed E-state index contributed by atoms with van der Waals surface area (Å²) < 4.78 is 14.1. The first-order chi connectivity index (χ1) is 21.9. The Bertz CT molecular complexity index is 2040. The first-order valence-electron chi connectivity index (χ1n) is 16.6. The zero-order chi connectivity index (χ0) is 31.5. The van der Waals surface area contributed by atoms with Crippen LogP contribution in [0.1, 0.15) is 73.8 Å². The van der Waals surface area contributed by atoms with E-state index in [0.717, 1.165) is 94.3 Å². The Morgan fingerprint density at radius 1 is 0.578 bits per heavy atom. The molecule has 0 aliphatic carbocycles. The number of aromatic nitrogens is 3. The number of esters is 1. The highest BCUT2D eigenvalue weighted by molar-refractivity contribution is 6.23. The van der Waals surface area contributed by atoms with E-state index in [2.05, 4.69) is 134 Å². The Balaban J connectivity index is 1.63. The van der Waals surface area contributed by atoms with Crippen LogP contribution in [-0.4, -0.2) is 19.7 Å². The molecule has 1 aliphatic heterocycles. The molecule has 0 amide bonds. The van der Waals surface area contributed by atoms with Crippen molar-refractivity contribution in [2.45, 2.75) is 86.0 Å². The highest BCUT2D eigenvalue weighted by Gasteiger charge is 2.50. The summed E-state index contributed by atoms with van der Waals surface area (Å²) in [7, 11) is 0. The molecule has 230 valence electrons.